The van der Waals surface area contributed by atoms with Crippen LogP contribution < -0.4 is 5.32 Å². The summed E-state index contributed by atoms with van der Waals surface area (Å²) in [5.41, 5.74) is 2.09. The van der Waals surface area contributed by atoms with Crippen molar-refractivity contribution in [3.05, 3.63) is 46.1 Å². The van der Waals surface area contributed by atoms with E-state index in [1.54, 1.807) is 0 Å². The first-order chi connectivity index (χ1) is 10.1. The summed E-state index contributed by atoms with van der Waals surface area (Å²) in [5.74, 6) is 1.47. The minimum Gasteiger partial charge on any atom is -0.355 e. The first-order valence-corrected chi connectivity index (χ1v) is 7.34. The topological polar surface area (TPSA) is 68.0 Å². The predicted octanol–water partition coefficient (Wildman–Crippen LogP) is 2.62. The first kappa shape index (κ1) is 14.1. The highest BCUT2D eigenvalue weighted by Gasteiger charge is 2.24. The molecule has 3 rings (SSSR count). The molecule has 5 nitrogen and oxygen atoms in total. The Morgan fingerprint density at radius 1 is 1.48 bits per heavy atom. The van der Waals surface area contributed by atoms with Gasteiger partial charge in [0.15, 0.2) is 5.82 Å². The smallest absolute Gasteiger partial charge is 0.231 e. The number of aryl methyl sites for hydroxylation is 1. The zero-order chi connectivity index (χ0) is 14.8. The van der Waals surface area contributed by atoms with Gasteiger partial charge in [-0.3, -0.25) is 4.79 Å². The SMILES string of the molecule is Cc1ccc(Cc2nc(C3CCC(=O)NC3)no2)cc1Cl. The molecule has 0 saturated carbocycles. The number of amides is 1. The molecule has 1 aromatic carbocycles. The van der Waals surface area contributed by atoms with Crippen molar-refractivity contribution in [2.75, 3.05) is 6.54 Å². The van der Waals surface area contributed by atoms with Crippen LogP contribution in [-0.2, 0) is 11.2 Å². The van der Waals surface area contributed by atoms with Crippen LogP contribution in [0.4, 0.5) is 0 Å². The molecule has 6 heteroatoms. The molecule has 1 aliphatic rings. The number of benzene rings is 1. The summed E-state index contributed by atoms with van der Waals surface area (Å²) < 4.78 is 5.30. The van der Waals surface area contributed by atoms with Crippen molar-refractivity contribution in [1.82, 2.24) is 15.5 Å². The fourth-order valence-corrected chi connectivity index (χ4v) is 2.58. The third-order valence-electron chi connectivity index (χ3n) is 3.71. The molecule has 1 unspecified atom stereocenters. The lowest BCUT2D eigenvalue weighted by molar-refractivity contribution is -0.122. The Hall–Kier alpha value is -1.88. The van der Waals surface area contributed by atoms with Crippen LogP contribution in [0.5, 0.6) is 0 Å². The maximum absolute atomic E-state index is 11.2. The molecule has 21 heavy (non-hydrogen) atoms. The van der Waals surface area contributed by atoms with E-state index in [1.165, 1.54) is 0 Å². The van der Waals surface area contributed by atoms with Crippen molar-refractivity contribution >= 4 is 17.5 Å². The van der Waals surface area contributed by atoms with Gasteiger partial charge in [-0.05, 0) is 30.5 Å². The summed E-state index contributed by atoms with van der Waals surface area (Å²) in [6.07, 6.45) is 1.84. The first-order valence-electron chi connectivity index (χ1n) is 6.96. The summed E-state index contributed by atoms with van der Waals surface area (Å²) in [7, 11) is 0. The quantitative estimate of drug-likeness (QED) is 0.946. The number of rotatable bonds is 3. The van der Waals surface area contributed by atoms with Crippen LogP contribution in [0.25, 0.3) is 0 Å². The minimum atomic E-state index is 0.0873. The normalized spacial score (nSPS) is 18.6. The van der Waals surface area contributed by atoms with E-state index in [9.17, 15) is 4.79 Å². The van der Waals surface area contributed by atoms with Gasteiger partial charge in [0, 0.05) is 23.9 Å². The molecular formula is C15H16ClN3O2. The summed E-state index contributed by atoms with van der Waals surface area (Å²) in [4.78, 5) is 15.6. The van der Waals surface area contributed by atoms with Gasteiger partial charge in [-0.2, -0.15) is 4.98 Å². The average molecular weight is 306 g/mol. The van der Waals surface area contributed by atoms with Crippen molar-refractivity contribution in [3.63, 3.8) is 0 Å². The molecule has 1 N–H and O–H groups in total. The maximum atomic E-state index is 11.2. The van der Waals surface area contributed by atoms with E-state index < -0.39 is 0 Å². The Labute approximate surface area is 127 Å². The number of nitrogens with zero attached hydrogens (tertiary/aromatic N) is 2. The lowest BCUT2D eigenvalue weighted by atomic mass is 9.99. The van der Waals surface area contributed by atoms with Crippen LogP contribution in [-0.4, -0.2) is 22.6 Å². The van der Waals surface area contributed by atoms with Crippen LogP contribution in [0.2, 0.25) is 5.02 Å². The molecule has 0 spiro atoms. The van der Waals surface area contributed by atoms with E-state index in [-0.39, 0.29) is 11.8 Å². The molecular weight excluding hydrogens is 290 g/mol. The fraction of sp³-hybridized carbons (Fsp3) is 0.400. The zero-order valence-electron chi connectivity index (χ0n) is 11.7. The van der Waals surface area contributed by atoms with Gasteiger partial charge in [-0.25, -0.2) is 0 Å². The van der Waals surface area contributed by atoms with E-state index >= 15 is 0 Å². The average Bonchev–Trinajstić information content (AvgIpc) is 2.92. The molecule has 1 aliphatic heterocycles. The number of hydrogen-bond donors (Lipinski definition) is 1. The number of piperidine rings is 1. The molecule has 0 bridgehead atoms. The van der Waals surface area contributed by atoms with Crippen LogP contribution in [0.1, 0.15) is 41.6 Å². The number of hydrogen-bond acceptors (Lipinski definition) is 4. The molecule has 0 aliphatic carbocycles. The van der Waals surface area contributed by atoms with E-state index in [0.29, 0.717) is 31.1 Å². The lowest BCUT2D eigenvalue weighted by Crippen LogP contribution is -2.34. The monoisotopic (exact) mass is 305 g/mol. The molecule has 0 radical (unpaired) electrons. The van der Waals surface area contributed by atoms with E-state index in [1.807, 2.05) is 25.1 Å². The Morgan fingerprint density at radius 3 is 3.05 bits per heavy atom. The molecule has 1 aromatic heterocycles. The Morgan fingerprint density at radius 2 is 2.33 bits per heavy atom. The Kier molecular flexibility index (Phi) is 3.92. The van der Waals surface area contributed by atoms with Gasteiger partial charge in [0.25, 0.3) is 0 Å². The van der Waals surface area contributed by atoms with Crippen molar-refractivity contribution in [1.29, 1.82) is 0 Å². The minimum absolute atomic E-state index is 0.0873. The van der Waals surface area contributed by atoms with Gasteiger partial charge in [-0.1, -0.05) is 28.9 Å². The molecule has 1 fully saturated rings. The van der Waals surface area contributed by atoms with Crippen LogP contribution in [0.15, 0.2) is 22.7 Å². The van der Waals surface area contributed by atoms with Gasteiger partial charge in [0.2, 0.25) is 11.8 Å². The second kappa shape index (κ2) is 5.85. The van der Waals surface area contributed by atoms with Crippen molar-refractivity contribution in [3.8, 4) is 0 Å². The van der Waals surface area contributed by atoms with Gasteiger partial charge in [0.05, 0.1) is 6.42 Å². The summed E-state index contributed by atoms with van der Waals surface area (Å²) in [6, 6.07) is 5.90. The van der Waals surface area contributed by atoms with Crippen LogP contribution in [0, 0.1) is 6.92 Å². The van der Waals surface area contributed by atoms with Crippen molar-refractivity contribution < 1.29 is 9.32 Å². The standard InChI is InChI=1S/C15H16ClN3O2/c1-9-2-3-10(6-12(9)16)7-14-18-15(19-21-14)11-4-5-13(20)17-8-11/h2-3,6,11H,4-5,7-8H2,1H3,(H,17,20). The van der Waals surface area contributed by atoms with Crippen molar-refractivity contribution in [2.24, 2.45) is 0 Å². The molecule has 1 amide bonds. The molecule has 2 heterocycles. The second-order valence-corrected chi connectivity index (χ2v) is 5.75. The fourth-order valence-electron chi connectivity index (χ4n) is 2.38. The Balaban J connectivity index is 1.70. The van der Waals surface area contributed by atoms with E-state index in [0.717, 1.165) is 22.6 Å². The third-order valence-corrected chi connectivity index (χ3v) is 4.11. The third kappa shape index (κ3) is 3.24. The molecule has 1 saturated heterocycles. The van der Waals surface area contributed by atoms with Crippen molar-refractivity contribution in [2.45, 2.75) is 32.1 Å². The number of aromatic nitrogens is 2. The molecule has 110 valence electrons. The summed E-state index contributed by atoms with van der Waals surface area (Å²) >= 11 is 6.11. The van der Waals surface area contributed by atoms with E-state index in [4.69, 9.17) is 16.1 Å². The van der Waals surface area contributed by atoms with Gasteiger partial charge in [0.1, 0.15) is 0 Å². The summed E-state index contributed by atoms with van der Waals surface area (Å²) in [5, 5.41) is 7.59. The number of nitrogens with one attached hydrogen (secondary N) is 1. The summed E-state index contributed by atoms with van der Waals surface area (Å²) in [6.45, 7) is 2.54. The highest BCUT2D eigenvalue weighted by Crippen LogP contribution is 2.22. The second-order valence-electron chi connectivity index (χ2n) is 5.35. The van der Waals surface area contributed by atoms with Gasteiger partial charge >= 0.3 is 0 Å². The Bertz CT molecular complexity index is 659. The van der Waals surface area contributed by atoms with Crippen LogP contribution >= 0.6 is 11.6 Å². The lowest BCUT2D eigenvalue weighted by Gasteiger charge is -2.18. The van der Waals surface area contributed by atoms with Gasteiger partial charge < -0.3 is 9.84 Å². The number of halogens is 1. The number of carbonyl (C=O) groups excluding carboxylic acids is 1. The zero-order valence-corrected chi connectivity index (χ0v) is 12.5. The number of carbonyl (C=O) groups is 1. The largest absolute Gasteiger partial charge is 0.355 e. The van der Waals surface area contributed by atoms with E-state index in [2.05, 4.69) is 15.5 Å². The molecule has 2 aromatic rings. The van der Waals surface area contributed by atoms with Crippen LogP contribution in [0.3, 0.4) is 0 Å². The van der Waals surface area contributed by atoms with Gasteiger partial charge in [-0.15, -0.1) is 0 Å². The highest BCUT2D eigenvalue weighted by molar-refractivity contribution is 6.31. The highest BCUT2D eigenvalue weighted by atomic mass is 35.5. The molecule has 1 atom stereocenters. The predicted molar refractivity (Wildman–Crippen MR) is 78.3 cm³/mol. The maximum Gasteiger partial charge on any atom is 0.231 e.